The van der Waals surface area contributed by atoms with Crippen molar-refractivity contribution in [2.75, 3.05) is 19.4 Å². The topological polar surface area (TPSA) is 44.7 Å². The van der Waals surface area contributed by atoms with Crippen LogP contribution in [0, 0.1) is 0 Å². The van der Waals surface area contributed by atoms with Gasteiger partial charge in [0.2, 0.25) is 5.91 Å². The summed E-state index contributed by atoms with van der Waals surface area (Å²) in [6.45, 7) is 6.32. The van der Waals surface area contributed by atoms with Gasteiger partial charge < -0.3 is 10.3 Å². The Bertz CT molecular complexity index is 499. The number of amides is 1. The lowest BCUT2D eigenvalue weighted by Crippen LogP contribution is -2.20. The molecule has 0 saturated heterocycles. The zero-order chi connectivity index (χ0) is 16.5. The largest absolute Gasteiger partial charge is 0.325 e. The number of anilines is 1. The van der Waals surface area contributed by atoms with E-state index in [1.165, 1.54) is 11.1 Å². The number of para-hydroxylation sites is 1. The number of nitrogens with one attached hydrogen (secondary N) is 1. The summed E-state index contributed by atoms with van der Waals surface area (Å²) in [5, 5.41) is 9.29. The summed E-state index contributed by atoms with van der Waals surface area (Å²) in [5.74, 6) is 0.0182. The summed E-state index contributed by atoms with van der Waals surface area (Å²) in [6.07, 6.45) is 4.02. The Kier molecular flexibility index (Phi) is 7.64. The standard InChI is InChI=1S/C18H29N3O/c1-6-10-16(20-21(4)5)13-17(22)19-18-14(7-2)11-9-12-15(18)8-3/h9,11-12H,6-8,10,13H2,1-5H3,(H,19,22). The maximum atomic E-state index is 12.4. The third-order valence-electron chi connectivity index (χ3n) is 3.51. The normalized spacial score (nSPS) is 11.4. The van der Waals surface area contributed by atoms with Crippen LogP contribution in [0.2, 0.25) is 0 Å². The van der Waals surface area contributed by atoms with Crippen LogP contribution in [0.15, 0.2) is 23.3 Å². The average molecular weight is 303 g/mol. The second-order valence-electron chi connectivity index (χ2n) is 5.65. The van der Waals surface area contributed by atoms with E-state index in [1.54, 1.807) is 5.01 Å². The number of benzene rings is 1. The molecular formula is C18H29N3O. The first-order valence-corrected chi connectivity index (χ1v) is 8.16. The van der Waals surface area contributed by atoms with Gasteiger partial charge in [-0.15, -0.1) is 0 Å². The number of aryl methyl sites for hydroxylation is 2. The fourth-order valence-corrected chi connectivity index (χ4v) is 2.52. The predicted octanol–water partition coefficient (Wildman–Crippen LogP) is 3.86. The summed E-state index contributed by atoms with van der Waals surface area (Å²) >= 11 is 0. The smallest absolute Gasteiger partial charge is 0.230 e. The fourth-order valence-electron chi connectivity index (χ4n) is 2.52. The quantitative estimate of drug-likeness (QED) is 0.585. The van der Waals surface area contributed by atoms with Crippen molar-refractivity contribution in [1.82, 2.24) is 5.01 Å². The molecule has 0 aliphatic carbocycles. The third kappa shape index (κ3) is 5.51. The lowest BCUT2D eigenvalue weighted by atomic mass is 10.0. The number of carbonyl (C=O) groups excluding carboxylic acids is 1. The Balaban J connectivity index is 2.88. The van der Waals surface area contributed by atoms with Crippen LogP contribution < -0.4 is 5.32 Å². The van der Waals surface area contributed by atoms with E-state index in [0.717, 1.165) is 37.1 Å². The molecule has 0 atom stereocenters. The van der Waals surface area contributed by atoms with Crippen LogP contribution in [-0.4, -0.2) is 30.7 Å². The van der Waals surface area contributed by atoms with E-state index in [0.29, 0.717) is 6.42 Å². The first kappa shape index (κ1) is 18.2. The molecule has 0 radical (unpaired) electrons. The molecule has 0 heterocycles. The van der Waals surface area contributed by atoms with Gasteiger partial charge in [0, 0.05) is 25.5 Å². The van der Waals surface area contributed by atoms with Crippen molar-refractivity contribution < 1.29 is 4.79 Å². The first-order chi connectivity index (χ1) is 10.5. The van der Waals surface area contributed by atoms with Crippen LogP contribution in [-0.2, 0) is 17.6 Å². The van der Waals surface area contributed by atoms with Crippen LogP contribution >= 0.6 is 0 Å². The molecule has 122 valence electrons. The lowest BCUT2D eigenvalue weighted by Gasteiger charge is -2.15. The van der Waals surface area contributed by atoms with Crippen molar-refractivity contribution in [2.45, 2.75) is 52.9 Å². The highest BCUT2D eigenvalue weighted by Gasteiger charge is 2.12. The van der Waals surface area contributed by atoms with Crippen molar-refractivity contribution in [3.05, 3.63) is 29.3 Å². The fraction of sp³-hybridized carbons (Fsp3) is 0.556. The maximum absolute atomic E-state index is 12.4. The molecule has 0 saturated carbocycles. The van der Waals surface area contributed by atoms with Crippen LogP contribution in [0.3, 0.4) is 0 Å². The minimum absolute atomic E-state index is 0.0182. The Morgan fingerprint density at radius 3 is 2.18 bits per heavy atom. The summed E-state index contributed by atoms with van der Waals surface area (Å²) < 4.78 is 0. The van der Waals surface area contributed by atoms with E-state index in [9.17, 15) is 4.79 Å². The second-order valence-corrected chi connectivity index (χ2v) is 5.65. The zero-order valence-corrected chi connectivity index (χ0v) is 14.6. The van der Waals surface area contributed by atoms with Gasteiger partial charge in [0.05, 0.1) is 6.42 Å². The molecule has 4 heteroatoms. The van der Waals surface area contributed by atoms with Crippen LogP contribution in [0.5, 0.6) is 0 Å². The Labute approximate surface area is 134 Å². The van der Waals surface area contributed by atoms with E-state index in [-0.39, 0.29) is 5.91 Å². The maximum Gasteiger partial charge on any atom is 0.230 e. The Morgan fingerprint density at radius 1 is 1.14 bits per heavy atom. The van der Waals surface area contributed by atoms with Gasteiger partial charge in [-0.1, -0.05) is 45.4 Å². The van der Waals surface area contributed by atoms with Crippen molar-refractivity contribution in [2.24, 2.45) is 5.10 Å². The summed E-state index contributed by atoms with van der Waals surface area (Å²) in [4.78, 5) is 12.4. The molecule has 1 aromatic carbocycles. The highest BCUT2D eigenvalue weighted by Crippen LogP contribution is 2.22. The molecule has 0 aromatic heterocycles. The first-order valence-electron chi connectivity index (χ1n) is 8.16. The van der Waals surface area contributed by atoms with Gasteiger partial charge in [-0.25, -0.2) is 0 Å². The minimum atomic E-state index is 0.0182. The van der Waals surface area contributed by atoms with Gasteiger partial charge >= 0.3 is 0 Å². The van der Waals surface area contributed by atoms with Crippen molar-refractivity contribution in [3.63, 3.8) is 0 Å². The zero-order valence-electron chi connectivity index (χ0n) is 14.6. The summed E-state index contributed by atoms with van der Waals surface area (Å²) in [6, 6.07) is 6.22. The number of hydrazone groups is 1. The SMILES string of the molecule is CCCC(CC(=O)Nc1c(CC)cccc1CC)=NN(C)C. The number of nitrogens with zero attached hydrogens (tertiary/aromatic N) is 2. The molecule has 0 unspecified atom stereocenters. The van der Waals surface area contributed by atoms with E-state index < -0.39 is 0 Å². The molecule has 1 rings (SSSR count). The van der Waals surface area contributed by atoms with E-state index in [1.807, 2.05) is 14.1 Å². The average Bonchev–Trinajstić information content (AvgIpc) is 2.46. The van der Waals surface area contributed by atoms with Crippen LogP contribution in [0.25, 0.3) is 0 Å². The monoisotopic (exact) mass is 303 g/mol. The van der Waals surface area contributed by atoms with Crippen molar-refractivity contribution in [3.8, 4) is 0 Å². The molecule has 1 N–H and O–H groups in total. The Hall–Kier alpha value is -1.84. The Morgan fingerprint density at radius 2 is 1.73 bits per heavy atom. The molecule has 0 aliphatic heterocycles. The van der Waals surface area contributed by atoms with Crippen LogP contribution in [0.1, 0.15) is 51.2 Å². The van der Waals surface area contributed by atoms with Gasteiger partial charge in [0.25, 0.3) is 0 Å². The second kappa shape index (κ2) is 9.23. The number of hydrogen-bond donors (Lipinski definition) is 1. The van der Waals surface area contributed by atoms with Crippen molar-refractivity contribution >= 4 is 17.3 Å². The molecule has 22 heavy (non-hydrogen) atoms. The molecule has 0 spiro atoms. The van der Waals surface area contributed by atoms with E-state index >= 15 is 0 Å². The van der Waals surface area contributed by atoms with Gasteiger partial charge in [0.15, 0.2) is 0 Å². The van der Waals surface area contributed by atoms with E-state index in [4.69, 9.17) is 0 Å². The molecule has 4 nitrogen and oxygen atoms in total. The predicted molar refractivity (Wildman–Crippen MR) is 94.5 cm³/mol. The molecule has 0 bridgehead atoms. The highest BCUT2D eigenvalue weighted by atomic mass is 16.1. The van der Waals surface area contributed by atoms with Gasteiger partial charge in [0.1, 0.15) is 0 Å². The van der Waals surface area contributed by atoms with Gasteiger partial charge in [-0.3, -0.25) is 4.79 Å². The summed E-state index contributed by atoms with van der Waals surface area (Å²) in [7, 11) is 3.77. The molecule has 0 fully saturated rings. The number of hydrogen-bond acceptors (Lipinski definition) is 3. The molecule has 0 aliphatic rings. The lowest BCUT2D eigenvalue weighted by molar-refractivity contribution is -0.115. The molecule has 1 amide bonds. The molecule has 1 aromatic rings. The number of rotatable bonds is 8. The minimum Gasteiger partial charge on any atom is -0.325 e. The molecular weight excluding hydrogens is 274 g/mol. The highest BCUT2D eigenvalue weighted by molar-refractivity contribution is 6.06. The van der Waals surface area contributed by atoms with Crippen molar-refractivity contribution in [1.29, 1.82) is 0 Å². The van der Waals surface area contributed by atoms with Crippen LogP contribution in [0.4, 0.5) is 5.69 Å². The van der Waals surface area contributed by atoms with E-state index in [2.05, 4.69) is 49.4 Å². The van der Waals surface area contributed by atoms with Gasteiger partial charge in [-0.2, -0.15) is 5.10 Å². The third-order valence-corrected chi connectivity index (χ3v) is 3.51. The van der Waals surface area contributed by atoms with Gasteiger partial charge in [-0.05, 0) is 30.4 Å². The number of carbonyl (C=O) groups is 1. The summed E-state index contributed by atoms with van der Waals surface area (Å²) in [5.41, 5.74) is 4.29.